The van der Waals surface area contributed by atoms with E-state index in [4.69, 9.17) is 19.3 Å². The van der Waals surface area contributed by atoms with E-state index in [1.807, 2.05) is 20.8 Å². The van der Waals surface area contributed by atoms with E-state index in [0.717, 1.165) is 0 Å². The number of hydrogen-bond donors (Lipinski definition) is 3. The Kier molecular flexibility index (Phi) is 10.9. The van der Waals surface area contributed by atoms with Gasteiger partial charge in [-0.1, -0.05) is 12.1 Å². The Bertz CT molecular complexity index is 1210. The average molecular weight is 556 g/mol. The largest absolute Gasteiger partial charge is 0.482 e. The highest BCUT2D eigenvalue weighted by Crippen LogP contribution is 2.19. The van der Waals surface area contributed by atoms with Crippen molar-refractivity contribution in [2.24, 2.45) is 5.10 Å². The van der Waals surface area contributed by atoms with Gasteiger partial charge in [0.05, 0.1) is 17.9 Å². The van der Waals surface area contributed by atoms with E-state index in [-0.39, 0.29) is 5.78 Å². The number of carboxylic acids is 1. The smallest absolute Gasteiger partial charge is 0.428 e. The highest BCUT2D eigenvalue weighted by atomic mass is 16.6. The number of carbonyl (C=O) groups excluding carboxylic acids is 3. The van der Waals surface area contributed by atoms with Crippen LogP contribution in [-0.2, 0) is 14.3 Å². The minimum absolute atomic E-state index is 0.293. The van der Waals surface area contributed by atoms with Gasteiger partial charge in [0.1, 0.15) is 17.4 Å². The molecule has 2 rings (SSSR count). The molecule has 0 fully saturated rings. The van der Waals surface area contributed by atoms with Crippen molar-refractivity contribution in [1.82, 2.24) is 10.7 Å². The van der Waals surface area contributed by atoms with E-state index < -0.39 is 47.9 Å². The molecule has 0 bridgehead atoms. The number of nitrogens with zero attached hydrogens (tertiary/aromatic N) is 1. The second-order valence-corrected chi connectivity index (χ2v) is 11.0. The van der Waals surface area contributed by atoms with Gasteiger partial charge in [0.2, 0.25) is 0 Å². The molecule has 40 heavy (non-hydrogen) atoms. The second-order valence-electron chi connectivity index (χ2n) is 11.0. The molecule has 0 spiro atoms. The average Bonchev–Trinajstić information content (AvgIpc) is 2.84. The van der Waals surface area contributed by atoms with E-state index in [2.05, 4.69) is 15.8 Å². The Morgan fingerprint density at radius 2 is 1.48 bits per heavy atom. The van der Waals surface area contributed by atoms with Crippen LogP contribution in [-0.4, -0.2) is 65.0 Å². The van der Waals surface area contributed by atoms with Crippen LogP contribution in [0.4, 0.5) is 4.79 Å². The van der Waals surface area contributed by atoms with Gasteiger partial charge in [0.25, 0.3) is 5.91 Å². The van der Waals surface area contributed by atoms with Gasteiger partial charge in [-0.25, -0.2) is 15.0 Å². The summed E-state index contributed by atoms with van der Waals surface area (Å²) in [6, 6.07) is 11.4. The number of ether oxygens (including phenoxy) is 3. The number of benzene rings is 2. The van der Waals surface area contributed by atoms with Gasteiger partial charge in [-0.15, -0.1) is 0 Å². The zero-order valence-electron chi connectivity index (χ0n) is 23.8. The maximum Gasteiger partial charge on any atom is 0.428 e. The molecule has 0 radical (unpaired) electrons. The van der Waals surface area contributed by atoms with Gasteiger partial charge >= 0.3 is 12.1 Å². The molecule has 0 unspecified atom stereocenters. The highest BCUT2D eigenvalue weighted by Gasteiger charge is 2.31. The van der Waals surface area contributed by atoms with Crippen LogP contribution in [0.15, 0.2) is 53.6 Å². The number of Topliss-reactive ketones (excluding diaryl/α,β-unsaturated/α-hetero) is 1. The summed E-state index contributed by atoms with van der Waals surface area (Å²) in [5, 5.41) is 15.4. The number of carboxylic acid groups (broad SMARTS) is 1. The van der Waals surface area contributed by atoms with E-state index in [0.29, 0.717) is 22.4 Å². The summed E-state index contributed by atoms with van der Waals surface area (Å²) in [4.78, 5) is 49.0. The molecular weight excluding hydrogens is 518 g/mol. The van der Waals surface area contributed by atoms with Gasteiger partial charge in [-0.05, 0) is 90.4 Å². The predicted molar refractivity (Wildman–Crippen MR) is 149 cm³/mol. The molecule has 0 aromatic heterocycles. The Hall–Kier alpha value is -4.25. The number of hydrazone groups is 1. The Morgan fingerprint density at radius 1 is 0.900 bits per heavy atom. The third kappa shape index (κ3) is 11.2. The molecule has 0 saturated heterocycles. The number of ketones is 1. The monoisotopic (exact) mass is 555 g/mol. The summed E-state index contributed by atoms with van der Waals surface area (Å²) < 4.78 is 16.2. The molecule has 216 valence electrons. The van der Waals surface area contributed by atoms with Gasteiger partial charge in [0.15, 0.2) is 12.4 Å². The van der Waals surface area contributed by atoms with Crippen LogP contribution < -0.4 is 15.5 Å². The lowest BCUT2D eigenvalue weighted by Crippen LogP contribution is -2.50. The first-order valence-corrected chi connectivity index (χ1v) is 12.6. The van der Waals surface area contributed by atoms with Crippen molar-refractivity contribution in [2.45, 2.75) is 71.8 Å². The molecule has 11 heteroatoms. The second kappa shape index (κ2) is 13.7. The Balaban J connectivity index is 2.15. The van der Waals surface area contributed by atoms with E-state index in [1.165, 1.54) is 30.5 Å². The molecule has 11 nitrogen and oxygen atoms in total. The number of amides is 2. The maximum atomic E-state index is 13.4. The summed E-state index contributed by atoms with van der Waals surface area (Å²) in [5.41, 5.74) is 2.26. The van der Waals surface area contributed by atoms with E-state index in [9.17, 15) is 19.2 Å². The topological polar surface area (TPSA) is 153 Å². The normalized spacial score (nSPS) is 13.3. The van der Waals surface area contributed by atoms with Crippen LogP contribution in [0.3, 0.4) is 0 Å². The number of nitrogens with one attached hydrogen (secondary N) is 2. The Morgan fingerprint density at radius 3 is 2.00 bits per heavy atom. The molecule has 0 aliphatic carbocycles. The van der Waals surface area contributed by atoms with Crippen molar-refractivity contribution in [3.8, 4) is 5.75 Å². The maximum absolute atomic E-state index is 13.4. The van der Waals surface area contributed by atoms with Crippen molar-refractivity contribution < 1.29 is 38.5 Å². The Labute approximate surface area is 233 Å². The number of carbonyl (C=O) groups is 4. The SMILES string of the molecule is C[C@@H](OC(C)(C)C)[C@H](NC(=O)c1ccc(C=NNC(=O)OC(C)(C)C)cc1)C(=O)c1ccc(OCC(=O)O)cc1. The van der Waals surface area contributed by atoms with Crippen molar-refractivity contribution in [3.05, 3.63) is 65.2 Å². The molecule has 3 N–H and O–H groups in total. The fourth-order valence-electron chi connectivity index (χ4n) is 3.47. The molecule has 0 aliphatic heterocycles. The van der Waals surface area contributed by atoms with E-state index in [1.54, 1.807) is 52.0 Å². The zero-order valence-corrected chi connectivity index (χ0v) is 23.8. The van der Waals surface area contributed by atoms with Gasteiger partial charge in [-0.3, -0.25) is 9.59 Å². The summed E-state index contributed by atoms with van der Waals surface area (Å²) in [6.45, 7) is 12.0. The highest BCUT2D eigenvalue weighted by molar-refractivity contribution is 6.05. The van der Waals surface area contributed by atoms with Crippen molar-refractivity contribution in [2.75, 3.05) is 6.61 Å². The molecule has 0 aliphatic rings. The minimum atomic E-state index is -1.12. The van der Waals surface area contributed by atoms with Crippen molar-refractivity contribution >= 4 is 30.0 Å². The molecular formula is C29H37N3O8. The van der Waals surface area contributed by atoms with Crippen LogP contribution in [0, 0.1) is 0 Å². The summed E-state index contributed by atoms with van der Waals surface area (Å²) >= 11 is 0. The fourth-order valence-corrected chi connectivity index (χ4v) is 3.47. The number of hydrogen-bond acceptors (Lipinski definition) is 8. The van der Waals surface area contributed by atoms with Crippen LogP contribution in [0.5, 0.6) is 5.75 Å². The lowest BCUT2D eigenvalue weighted by atomic mass is 9.98. The third-order valence-electron chi connectivity index (χ3n) is 5.02. The van der Waals surface area contributed by atoms with E-state index >= 15 is 0 Å². The molecule has 0 saturated carbocycles. The van der Waals surface area contributed by atoms with Crippen LogP contribution in [0.25, 0.3) is 0 Å². The molecule has 2 aromatic rings. The predicted octanol–water partition coefficient (Wildman–Crippen LogP) is 4.19. The lowest BCUT2D eigenvalue weighted by Gasteiger charge is -2.30. The zero-order chi connectivity index (χ0) is 30.1. The van der Waals surface area contributed by atoms with Gasteiger partial charge < -0.3 is 24.6 Å². The quantitative estimate of drug-likeness (QED) is 0.212. The molecule has 2 amide bonds. The molecule has 0 heterocycles. The lowest BCUT2D eigenvalue weighted by molar-refractivity contribution is -0.139. The first-order chi connectivity index (χ1) is 18.5. The number of aliphatic carboxylic acids is 1. The van der Waals surface area contributed by atoms with Crippen LogP contribution in [0.1, 0.15) is 74.7 Å². The van der Waals surface area contributed by atoms with Crippen molar-refractivity contribution in [1.29, 1.82) is 0 Å². The van der Waals surface area contributed by atoms with Crippen LogP contribution in [0.2, 0.25) is 0 Å². The summed E-state index contributed by atoms with van der Waals surface area (Å²) in [6.07, 6.45) is 0.0373. The first kappa shape index (κ1) is 32.0. The summed E-state index contributed by atoms with van der Waals surface area (Å²) in [5.74, 6) is -1.69. The standard InChI is InChI=1S/C29H37N3O8/c1-18(39-28(2,3)4)24(25(35)20-12-14-22(15-13-20)38-17-23(33)34)31-26(36)21-10-8-19(9-11-21)16-30-32-27(37)40-29(5,6)7/h8-16,18,24H,17H2,1-7H3,(H,31,36)(H,32,37)(H,33,34)/t18-,24+/m1/s1. The summed E-state index contributed by atoms with van der Waals surface area (Å²) in [7, 11) is 0. The van der Waals surface area contributed by atoms with Crippen molar-refractivity contribution in [3.63, 3.8) is 0 Å². The first-order valence-electron chi connectivity index (χ1n) is 12.6. The number of rotatable bonds is 11. The molecule has 2 aromatic carbocycles. The fraction of sp³-hybridized carbons (Fsp3) is 0.414. The molecule has 2 atom stereocenters. The minimum Gasteiger partial charge on any atom is -0.482 e. The van der Waals surface area contributed by atoms with Gasteiger partial charge in [0, 0.05) is 11.1 Å². The third-order valence-corrected chi connectivity index (χ3v) is 5.02. The van der Waals surface area contributed by atoms with Crippen LogP contribution >= 0.6 is 0 Å². The van der Waals surface area contributed by atoms with Gasteiger partial charge in [-0.2, -0.15) is 5.10 Å².